The van der Waals surface area contributed by atoms with Gasteiger partial charge in [-0.15, -0.1) is 0 Å². The number of ether oxygens (including phenoxy) is 2. The highest BCUT2D eigenvalue weighted by atomic mass is 16.5. The first-order chi connectivity index (χ1) is 11.7. The van der Waals surface area contributed by atoms with Gasteiger partial charge in [0.1, 0.15) is 5.75 Å². The highest BCUT2D eigenvalue weighted by Crippen LogP contribution is 2.20. The fourth-order valence-electron chi connectivity index (χ4n) is 3.27. The third kappa shape index (κ3) is 3.70. The molecule has 6 nitrogen and oxygen atoms in total. The van der Waals surface area contributed by atoms with Gasteiger partial charge in [-0.2, -0.15) is 0 Å². The summed E-state index contributed by atoms with van der Waals surface area (Å²) in [5.41, 5.74) is 0.624. The molecule has 0 aromatic heterocycles. The van der Waals surface area contributed by atoms with Gasteiger partial charge in [0.15, 0.2) is 0 Å². The van der Waals surface area contributed by atoms with E-state index in [1.165, 1.54) is 0 Å². The van der Waals surface area contributed by atoms with Crippen LogP contribution in [0.1, 0.15) is 23.2 Å². The van der Waals surface area contributed by atoms with Crippen molar-refractivity contribution in [3.63, 3.8) is 0 Å². The Morgan fingerprint density at radius 1 is 1.08 bits per heavy atom. The number of rotatable bonds is 3. The molecule has 2 aliphatic heterocycles. The van der Waals surface area contributed by atoms with Gasteiger partial charge in [0.05, 0.1) is 7.11 Å². The molecule has 0 spiro atoms. The van der Waals surface area contributed by atoms with Crippen LogP contribution in [0, 0.1) is 5.92 Å². The van der Waals surface area contributed by atoms with Crippen LogP contribution in [0.25, 0.3) is 0 Å². The number of nitrogens with zero attached hydrogens (tertiary/aromatic N) is 2. The molecule has 0 N–H and O–H groups in total. The number of hydrogen-bond donors (Lipinski definition) is 0. The van der Waals surface area contributed by atoms with Crippen LogP contribution in [0.15, 0.2) is 24.3 Å². The highest BCUT2D eigenvalue weighted by Gasteiger charge is 2.30. The second-order valence-electron chi connectivity index (χ2n) is 6.24. The van der Waals surface area contributed by atoms with Gasteiger partial charge in [-0.25, -0.2) is 0 Å². The van der Waals surface area contributed by atoms with Gasteiger partial charge in [-0.3, -0.25) is 9.59 Å². The highest BCUT2D eigenvalue weighted by molar-refractivity contribution is 5.94. The molecule has 6 heteroatoms. The zero-order valence-corrected chi connectivity index (χ0v) is 14.1. The Bertz CT molecular complexity index is 590. The number of amides is 2. The van der Waals surface area contributed by atoms with Crippen molar-refractivity contribution in [1.29, 1.82) is 0 Å². The molecule has 2 saturated heterocycles. The van der Waals surface area contributed by atoms with Gasteiger partial charge >= 0.3 is 0 Å². The van der Waals surface area contributed by atoms with E-state index >= 15 is 0 Å². The van der Waals surface area contributed by atoms with Crippen LogP contribution >= 0.6 is 0 Å². The Labute approximate surface area is 142 Å². The zero-order valence-electron chi connectivity index (χ0n) is 14.1. The maximum Gasteiger partial charge on any atom is 0.254 e. The van der Waals surface area contributed by atoms with Gasteiger partial charge < -0.3 is 19.3 Å². The standard InChI is InChI=1S/C18H24N2O4/c1-23-16-4-2-3-15(13-16)18(22)20-9-7-19(8-10-20)17(21)14-5-11-24-12-6-14/h2-4,13-14H,5-12H2,1H3. The minimum atomic E-state index is -0.00735. The fourth-order valence-corrected chi connectivity index (χ4v) is 3.27. The third-order valence-electron chi connectivity index (χ3n) is 4.77. The lowest BCUT2D eigenvalue weighted by Crippen LogP contribution is -2.52. The predicted molar refractivity (Wildman–Crippen MR) is 89.0 cm³/mol. The van der Waals surface area contributed by atoms with E-state index in [4.69, 9.17) is 9.47 Å². The van der Waals surface area contributed by atoms with Gasteiger partial charge in [0.25, 0.3) is 5.91 Å². The third-order valence-corrected chi connectivity index (χ3v) is 4.77. The van der Waals surface area contributed by atoms with E-state index in [0.717, 1.165) is 12.8 Å². The lowest BCUT2D eigenvalue weighted by atomic mass is 9.98. The molecule has 0 unspecified atom stereocenters. The molecule has 2 heterocycles. The predicted octanol–water partition coefficient (Wildman–Crippen LogP) is 1.41. The van der Waals surface area contributed by atoms with Crippen molar-refractivity contribution < 1.29 is 19.1 Å². The van der Waals surface area contributed by atoms with Crippen molar-refractivity contribution in [2.75, 3.05) is 46.5 Å². The molecule has 2 fully saturated rings. The second-order valence-corrected chi connectivity index (χ2v) is 6.24. The topological polar surface area (TPSA) is 59.1 Å². The second kappa shape index (κ2) is 7.66. The minimum absolute atomic E-state index is 0.00735. The van der Waals surface area contributed by atoms with Crippen LogP contribution in [-0.4, -0.2) is 68.1 Å². The zero-order chi connectivity index (χ0) is 16.9. The van der Waals surface area contributed by atoms with Crippen molar-refractivity contribution in [2.45, 2.75) is 12.8 Å². The molecule has 24 heavy (non-hydrogen) atoms. The van der Waals surface area contributed by atoms with E-state index in [0.29, 0.717) is 50.7 Å². The molecular formula is C18H24N2O4. The number of benzene rings is 1. The fraction of sp³-hybridized carbons (Fsp3) is 0.556. The van der Waals surface area contributed by atoms with Crippen LogP contribution in [0.4, 0.5) is 0 Å². The summed E-state index contributed by atoms with van der Waals surface area (Å²) in [5, 5.41) is 0. The van der Waals surface area contributed by atoms with Gasteiger partial charge in [-0.05, 0) is 31.0 Å². The van der Waals surface area contributed by atoms with Crippen molar-refractivity contribution in [2.24, 2.45) is 5.92 Å². The van der Waals surface area contributed by atoms with Crippen LogP contribution in [-0.2, 0) is 9.53 Å². The Hall–Kier alpha value is -2.08. The molecule has 0 bridgehead atoms. The van der Waals surface area contributed by atoms with E-state index in [2.05, 4.69) is 0 Å². The number of methoxy groups -OCH3 is 1. The Kier molecular flexibility index (Phi) is 5.35. The summed E-state index contributed by atoms with van der Waals surface area (Å²) in [4.78, 5) is 28.8. The molecule has 1 aromatic rings. The molecule has 2 amide bonds. The Morgan fingerprint density at radius 2 is 1.75 bits per heavy atom. The smallest absolute Gasteiger partial charge is 0.254 e. The summed E-state index contributed by atoms with van der Waals surface area (Å²) >= 11 is 0. The summed E-state index contributed by atoms with van der Waals surface area (Å²) in [6, 6.07) is 7.19. The van der Waals surface area contributed by atoms with E-state index in [9.17, 15) is 9.59 Å². The molecule has 0 radical (unpaired) electrons. The molecule has 1 aromatic carbocycles. The summed E-state index contributed by atoms with van der Waals surface area (Å²) < 4.78 is 10.5. The van der Waals surface area contributed by atoms with Crippen molar-refractivity contribution in [3.05, 3.63) is 29.8 Å². The van der Waals surface area contributed by atoms with Crippen molar-refractivity contribution in [1.82, 2.24) is 9.80 Å². The Balaban J connectivity index is 1.56. The van der Waals surface area contributed by atoms with Crippen LogP contribution in [0.3, 0.4) is 0 Å². The van der Waals surface area contributed by atoms with Crippen molar-refractivity contribution >= 4 is 11.8 Å². The maximum absolute atomic E-state index is 12.6. The van der Waals surface area contributed by atoms with E-state index in [1.807, 2.05) is 21.9 Å². The summed E-state index contributed by atoms with van der Waals surface area (Å²) in [5.74, 6) is 0.965. The van der Waals surface area contributed by atoms with E-state index in [1.54, 1.807) is 19.2 Å². The van der Waals surface area contributed by atoms with Gasteiger partial charge in [0.2, 0.25) is 5.91 Å². The molecule has 2 aliphatic rings. The first kappa shape index (κ1) is 16.8. The quantitative estimate of drug-likeness (QED) is 0.840. The summed E-state index contributed by atoms with van der Waals surface area (Å²) in [7, 11) is 1.59. The SMILES string of the molecule is COc1cccc(C(=O)N2CCN(C(=O)C3CCOCC3)CC2)c1. The number of piperazine rings is 1. The molecule has 0 atom stereocenters. The normalized spacial score (nSPS) is 19.2. The lowest BCUT2D eigenvalue weighted by molar-refractivity contribution is -0.140. The average Bonchev–Trinajstić information content (AvgIpc) is 2.67. The maximum atomic E-state index is 12.6. The Morgan fingerprint density at radius 3 is 2.42 bits per heavy atom. The van der Waals surface area contributed by atoms with Crippen molar-refractivity contribution in [3.8, 4) is 5.75 Å². The van der Waals surface area contributed by atoms with E-state index in [-0.39, 0.29) is 17.7 Å². The first-order valence-corrected chi connectivity index (χ1v) is 8.49. The monoisotopic (exact) mass is 332 g/mol. The average molecular weight is 332 g/mol. The minimum Gasteiger partial charge on any atom is -0.497 e. The number of carbonyl (C=O) groups excluding carboxylic acids is 2. The summed E-state index contributed by atoms with van der Waals surface area (Å²) in [6.45, 7) is 3.70. The van der Waals surface area contributed by atoms with Crippen LogP contribution in [0.2, 0.25) is 0 Å². The van der Waals surface area contributed by atoms with E-state index < -0.39 is 0 Å². The number of carbonyl (C=O) groups is 2. The molecule has 0 saturated carbocycles. The largest absolute Gasteiger partial charge is 0.497 e. The molecular weight excluding hydrogens is 308 g/mol. The van der Waals surface area contributed by atoms with Gasteiger partial charge in [-0.1, -0.05) is 6.07 Å². The van der Waals surface area contributed by atoms with Gasteiger partial charge in [0, 0.05) is 50.9 Å². The van der Waals surface area contributed by atoms with Crippen LogP contribution in [0.5, 0.6) is 5.75 Å². The summed E-state index contributed by atoms with van der Waals surface area (Å²) in [6.07, 6.45) is 1.61. The molecule has 3 rings (SSSR count). The number of hydrogen-bond acceptors (Lipinski definition) is 4. The lowest BCUT2D eigenvalue weighted by Gasteiger charge is -2.37. The first-order valence-electron chi connectivity index (χ1n) is 8.49. The van der Waals surface area contributed by atoms with Crippen LogP contribution < -0.4 is 4.74 Å². The molecule has 130 valence electrons. The molecule has 0 aliphatic carbocycles.